The Bertz CT molecular complexity index is 964. The highest BCUT2D eigenvalue weighted by Crippen LogP contribution is 2.35. The van der Waals surface area contributed by atoms with Gasteiger partial charge in [-0.3, -0.25) is 14.7 Å². The molecule has 6 nitrogen and oxygen atoms in total. The van der Waals surface area contributed by atoms with Gasteiger partial charge in [-0.2, -0.15) is 0 Å². The quantitative estimate of drug-likeness (QED) is 0.735. The topological polar surface area (TPSA) is 83.1 Å². The summed E-state index contributed by atoms with van der Waals surface area (Å²) in [5.74, 6) is -0.248. The molecule has 0 bridgehead atoms. The zero-order valence-electron chi connectivity index (χ0n) is 14.7. The van der Waals surface area contributed by atoms with Crippen LogP contribution in [0.15, 0.2) is 44.6 Å². The molecule has 0 radical (unpaired) electrons. The molecule has 1 aliphatic heterocycles. The van der Waals surface area contributed by atoms with Crippen LogP contribution < -0.4 is 0 Å². The molecule has 1 aromatic heterocycles. The van der Waals surface area contributed by atoms with E-state index in [0.29, 0.717) is 45.3 Å². The molecular weight excluding hydrogens is 388 g/mol. The molecule has 0 spiro atoms. The number of aromatic carboxylic acids is 1. The van der Waals surface area contributed by atoms with Gasteiger partial charge in [0.15, 0.2) is 5.17 Å². The third-order valence-corrected chi connectivity index (χ3v) is 5.25. The van der Waals surface area contributed by atoms with Crippen LogP contribution in [0.1, 0.15) is 30.0 Å². The monoisotopic (exact) mass is 404 g/mol. The van der Waals surface area contributed by atoms with E-state index in [1.807, 2.05) is 13.8 Å². The van der Waals surface area contributed by atoms with Crippen LogP contribution in [0.5, 0.6) is 0 Å². The minimum Gasteiger partial charge on any atom is -0.478 e. The average molecular weight is 405 g/mol. The number of carboxylic acid groups (broad SMARTS) is 1. The van der Waals surface area contributed by atoms with E-state index in [1.54, 1.807) is 23.1 Å². The Balaban J connectivity index is 1.92. The molecule has 140 valence electrons. The molecule has 2 aromatic rings. The second-order valence-corrected chi connectivity index (χ2v) is 7.04. The minimum atomic E-state index is -1.04. The van der Waals surface area contributed by atoms with E-state index in [1.165, 1.54) is 30.0 Å². The molecule has 0 saturated carbocycles. The normalized spacial score (nSPS) is 17.3. The molecule has 1 amide bonds. The smallest absolute Gasteiger partial charge is 0.335 e. The number of nitrogens with zero attached hydrogens (tertiary/aromatic N) is 2. The van der Waals surface area contributed by atoms with Gasteiger partial charge in [-0.05, 0) is 55.9 Å². The predicted molar refractivity (Wildman–Crippen MR) is 107 cm³/mol. The number of likely N-dealkylation sites (N-methyl/N-ethyl adjacent to an activating group) is 1. The first-order valence-corrected chi connectivity index (χ1v) is 9.53. The van der Waals surface area contributed by atoms with Crippen molar-refractivity contribution in [2.45, 2.75) is 13.8 Å². The number of amidine groups is 1. The van der Waals surface area contributed by atoms with Gasteiger partial charge in [0.2, 0.25) is 0 Å². The molecule has 1 saturated heterocycles. The highest BCUT2D eigenvalue weighted by molar-refractivity contribution is 8.18. The van der Waals surface area contributed by atoms with Gasteiger partial charge < -0.3 is 9.52 Å². The average Bonchev–Trinajstić information content (AvgIpc) is 3.21. The molecule has 3 rings (SSSR count). The van der Waals surface area contributed by atoms with Gasteiger partial charge in [0.25, 0.3) is 5.91 Å². The van der Waals surface area contributed by atoms with E-state index in [9.17, 15) is 9.59 Å². The lowest BCUT2D eigenvalue weighted by Crippen LogP contribution is -2.28. The Kier molecular flexibility index (Phi) is 5.72. The number of hydrogen-bond acceptors (Lipinski definition) is 5. The van der Waals surface area contributed by atoms with Crippen LogP contribution in [0.4, 0.5) is 0 Å². The summed E-state index contributed by atoms with van der Waals surface area (Å²) in [6.07, 6.45) is 1.66. The fourth-order valence-electron chi connectivity index (χ4n) is 2.59. The van der Waals surface area contributed by atoms with Crippen LogP contribution in [0, 0.1) is 0 Å². The fraction of sp³-hybridized carbons (Fsp3) is 0.211. The Morgan fingerprint density at radius 3 is 2.78 bits per heavy atom. The number of rotatable bonds is 5. The number of halogens is 1. The maximum Gasteiger partial charge on any atom is 0.335 e. The summed E-state index contributed by atoms with van der Waals surface area (Å²) in [6.45, 7) is 4.96. The zero-order chi connectivity index (χ0) is 19.6. The number of carbonyl (C=O) groups excluding carboxylic acids is 1. The van der Waals surface area contributed by atoms with Crippen molar-refractivity contribution in [3.05, 3.63) is 51.6 Å². The summed E-state index contributed by atoms with van der Waals surface area (Å²) in [5, 5.41) is 10.2. The zero-order valence-corrected chi connectivity index (χ0v) is 16.3. The second kappa shape index (κ2) is 8.02. The number of aliphatic imine (C=N–C) groups is 1. The molecule has 2 heterocycles. The summed E-state index contributed by atoms with van der Waals surface area (Å²) < 4.78 is 5.78. The summed E-state index contributed by atoms with van der Waals surface area (Å²) in [6, 6.07) is 7.82. The Hall–Kier alpha value is -2.51. The molecule has 0 atom stereocenters. The van der Waals surface area contributed by atoms with Crippen LogP contribution in [0.25, 0.3) is 17.4 Å². The number of hydrogen-bond donors (Lipinski definition) is 1. The third kappa shape index (κ3) is 3.94. The van der Waals surface area contributed by atoms with Crippen molar-refractivity contribution in [3.63, 3.8) is 0 Å². The lowest BCUT2D eigenvalue weighted by Gasteiger charge is -2.11. The third-order valence-electron chi connectivity index (χ3n) is 3.88. The van der Waals surface area contributed by atoms with Crippen LogP contribution in [-0.2, 0) is 4.79 Å². The second-order valence-electron chi connectivity index (χ2n) is 5.62. The number of carbonyl (C=O) groups is 2. The van der Waals surface area contributed by atoms with E-state index >= 15 is 0 Å². The standard InChI is InChI=1S/C19H17ClN2O4S/c1-3-21-19-22(4-2)17(23)16(27-19)10-12-6-8-15(26-12)13-9-11(18(24)25)5-7-14(13)20/h5-10H,3-4H2,1-2H3,(H,24,25)/b16-10-,21-19?. The summed E-state index contributed by atoms with van der Waals surface area (Å²) in [7, 11) is 0. The lowest BCUT2D eigenvalue weighted by molar-refractivity contribution is -0.122. The van der Waals surface area contributed by atoms with E-state index in [0.717, 1.165) is 0 Å². The largest absolute Gasteiger partial charge is 0.478 e. The van der Waals surface area contributed by atoms with Gasteiger partial charge in [-0.1, -0.05) is 11.6 Å². The van der Waals surface area contributed by atoms with Crippen molar-refractivity contribution in [1.29, 1.82) is 0 Å². The van der Waals surface area contributed by atoms with Crippen LogP contribution in [-0.4, -0.2) is 40.1 Å². The van der Waals surface area contributed by atoms with Crippen molar-refractivity contribution in [2.24, 2.45) is 4.99 Å². The first-order valence-electron chi connectivity index (χ1n) is 8.33. The summed E-state index contributed by atoms with van der Waals surface area (Å²) in [4.78, 5) is 30.2. The van der Waals surface area contributed by atoms with Gasteiger partial charge >= 0.3 is 5.97 Å². The van der Waals surface area contributed by atoms with Crippen molar-refractivity contribution >= 4 is 46.5 Å². The maximum atomic E-state index is 12.5. The van der Waals surface area contributed by atoms with Crippen molar-refractivity contribution in [1.82, 2.24) is 4.90 Å². The number of furan rings is 1. The molecule has 1 aliphatic rings. The SMILES string of the molecule is CCN=C1S/C(=C\c2ccc(-c3cc(C(=O)O)ccc3Cl)o2)C(=O)N1CC. The Morgan fingerprint density at radius 1 is 1.33 bits per heavy atom. The Morgan fingerprint density at radius 2 is 2.11 bits per heavy atom. The molecule has 27 heavy (non-hydrogen) atoms. The maximum absolute atomic E-state index is 12.5. The van der Waals surface area contributed by atoms with Crippen LogP contribution in [0.3, 0.4) is 0 Å². The Labute approximate surface area is 165 Å². The van der Waals surface area contributed by atoms with Crippen LogP contribution >= 0.6 is 23.4 Å². The van der Waals surface area contributed by atoms with E-state index < -0.39 is 5.97 Å². The minimum absolute atomic E-state index is 0.112. The first kappa shape index (κ1) is 19.3. The van der Waals surface area contributed by atoms with Crippen LogP contribution in [0.2, 0.25) is 5.02 Å². The molecule has 8 heteroatoms. The number of carboxylic acids is 1. The first-order chi connectivity index (χ1) is 12.9. The van der Waals surface area contributed by atoms with Crippen molar-refractivity contribution in [3.8, 4) is 11.3 Å². The van der Waals surface area contributed by atoms with Gasteiger partial charge in [0.1, 0.15) is 11.5 Å². The summed E-state index contributed by atoms with van der Waals surface area (Å²) >= 11 is 7.49. The molecule has 0 unspecified atom stereocenters. The van der Waals surface area contributed by atoms with Crippen molar-refractivity contribution < 1.29 is 19.1 Å². The van der Waals surface area contributed by atoms with Gasteiger partial charge in [0.05, 0.1) is 15.5 Å². The van der Waals surface area contributed by atoms with E-state index in [-0.39, 0.29) is 11.5 Å². The molecule has 0 aliphatic carbocycles. The predicted octanol–water partition coefficient (Wildman–Crippen LogP) is 4.61. The number of thioether (sulfide) groups is 1. The van der Waals surface area contributed by atoms with Gasteiger partial charge in [-0.15, -0.1) is 0 Å². The highest BCUT2D eigenvalue weighted by atomic mass is 35.5. The summed E-state index contributed by atoms with van der Waals surface area (Å²) in [5.41, 5.74) is 0.598. The van der Waals surface area contributed by atoms with Gasteiger partial charge in [0, 0.05) is 24.7 Å². The molecular formula is C19H17ClN2O4S. The lowest BCUT2D eigenvalue weighted by atomic mass is 10.1. The van der Waals surface area contributed by atoms with E-state index in [2.05, 4.69) is 4.99 Å². The highest BCUT2D eigenvalue weighted by Gasteiger charge is 2.32. The molecule has 1 aromatic carbocycles. The number of amides is 1. The molecule has 1 N–H and O–H groups in total. The molecule has 1 fully saturated rings. The fourth-order valence-corrected chi connectivity index (χ4v) is 3.89. The van der Waals surface area contributed by atoms with E-state index in [4.69, 9.17) is 21.1 Å². The van der Waals surface area contributed by atoms with Gasteiger partial charge in [-0.25, -0.2) is 4.79 Å². The van der Waals surface area contributed by atoms with Crippen molar-refractivity contribution in [2.75, 3.05) is 13.1 Å². The number of benzene rings is 1.